The number of ether oxygens (including phenoxy) is 1. The van der Waals surface area contributed by atoms with Crippen molar-refractivity contribution >= 4 is 52.6 Å². The van der Waals surface area contributed by atoms with Crippen molar-refractivity contribution in [3.63, 3.8) is 0 Å². The number of aryl methyl sites for hydroxylation is 2. The average molecular weight is 706 g/mol. The number of piperidine rings is 1. The van der Waals surface area contributed by atoms with Crippen LogP contribution in [0.4, 0.5) is 15.9 Å². The van der Waals surface area contributed by atoms with Crippen molar-refractivity contribution in [2.24, 2.45) is 0 Å². The molecular formula is C35H40FN7O4S2. The third-order valence-electron chi connectivity index (χ3n) is 8.54. The van der Waals surface area contributed by atoms with E-state index in [0.29, 0.717) is 36.3 Å². The second kappa shape index (κ2) is 15.6. The number of hydrogen-bond acceptors (Lipinski definition) is 11. The van der Waals surface area contributed by atoms with Crippen LogP contribution in [0.1, 0.15) is 28.0 Å². The minimum atomic E-state index is -0.429. The molecule has 3 aliphatic rings. The molecule has 5 heterocycles. The lowest BCUT2D eigenvalue weighted by atomic mass is 9.91. The molecule has 5 aromatic rings. The maximum absolute atomic E-state index is 13.6. The highest BCUT2D eigenvalue weighted by atomic mass is 32.2. The smallest absolute Gasteiger partial charge is 0.190 e. The quantitative estimate of drug-likeness (QED) is 0.0408. The van der Waals surface area contributed by atoms with E-state index in [4.69, 9.17) is 20.2 Å². The number of nitrogen functional groups attached to an aromatic ring is 1. The Morgan fingerprint density at radius 2 is 1.88 bits per heavy atom. The summed E-state index contributed by atoms with van der Waals surface area (Å²) in [7, 11) is 0. The average Bonchev–Trinajstić information content (AvgIpc) is 3.65. The lowest BCUT2D eigenvalue weighted by Gasteiger charge is -2.55. The second-order valence-corrected chi connectivity index (χ2v) is 13.3. The van der Waals surface area contributed by atoms with Gasteiger partial charge in [0.15, 0.2) is 23.6 Å². The molecule has 11 nitrogen and oxygen atoms in total. The summed E-state index contributed by atoms with van der Waals surface area (Å²) < 4.78 is 26.4. The Morgan fingerprint density at radius 1 is 1.08 bits per heavy atom. The predicted octanol–water partition coefficient (Wildman–Crippen LogP) is 7.02. The van der Waals surface area contributed by atoms with Crippen molar-refractivity contribution < 1.29 is 23.7 Å². The molecule has 49 heavy (non-hydrogen) atoms. The Kier molecular flexibility index (Phi) is 11.0. The molecule has 2 atom stereocenters. The lowest BCUT2D eigenvalue weighted by Crippen LogP contribution is -2.66. The zero-order valence-corrected chi connectivity index (χ0v) is 29.4. The van der Waals surface area contributed by atoms with Crippen molar-refractivity contribution in [1.82, 2.24) is 24.0 Å². The first-order valence-corrected chi connectivity index (χ1v) is 18.3. The largest absolute Gasteiger partial charge is 0.454 e. The molecule has 0 spiro atoms. The molecule has 3 saturated heterocycles. The fourth-order valence-electron chi connectivity index (χ4n) is 6.22. The fraction of sp³-hybridized carbons (Fsp3) is 0.314. The monoisotopic (exact) mass is 705 g/mol. The zero-order chi connectivity index (χ0) is 34.5. The number of anilines is 2. The highest BCUT2D eigenvalue weighted by molar-refractivity contribution is 7.99. The first-order valence-electron chi connectivity index (χ1n) is 15.9. The van der Waals surface area contributed by atoms with E-state index in [-0.39, 0.29) is 11.6 Å². The molecule has 3 aromatic carbocycles. The number of H-pyrrole nitrogens is 1. The highest BCUT2D eigenvalue weighted by Gasteiger charge is 2.44. The van der Waals surface area contributed by atoms with Crippen molar-refractivity contribution in [2.45, 2.75) is 32.4 Å². The summed E-state index contributed by atoms with van der Waals surface area (Å²) in [6, 6.07) is 19.0. The number of aromatic amines is 1. The number of piperazine rings is 1. The number of nitrogens with one attached hydrogen (secondary N) is 2. The minimum absolute atomic E-state index is 0.154. The van der Waals surface area contributed by atoms with Gasteiger partial charge in [-0.2, -0.15) is 9.99 Å². The van der Waals surface area contributed by atoms with E-state index in [1.165, 1.54) is 35.3 Å². The van der Waals surface area contributed by atoms with E-state index in [0.717, 1.165) is 58.9 Å². The van der Waals surface area contributed by atoms with Crippen LogP contribution in [0.2, 0.25) is 0 Å². The van der Waals surface area contributed by atoms with Gasteiger partial charge in [-0.15, -0.1) is 0 Å². The SMILES string of the molecule is CSNc1cc2[nH]c(C)cc2cc1OOCCN1CC2CC(C1)N2SC.Cc1cc(Oc2ccccc2F)ccc1-n1ncc(C=O)c1N. The van der Waals surface area contributed by atoms with E-state index in [1.807, 2.05) is 31.2 Å². The number of aromatic nitrogens is 3. The third kappa shape index (κ3) is 7.84. The molecule has 0 aliphatic carbocycles. The summed E-state index contributed by atoms with van der Waals surface area (Å²) in [6.45, 7) is 7.65. The molecule has 8 rings (SSSR count). The number of rotatable bonds is 12. The first kappa shape index (κ1) is 34.6. The molecule has 258 valence electrons. The van der Waals surface area contributed by atoms with Gasteiger partial charge in [0.25, 0.3) is 0 Å². The van der Waals surface area contributed by atoms with Gasteiger partial charge in [0.1, 0.15) is 18.2 Å². The van der Waals surface area contributed by atoms with Gasteiger partial charge in [0, 0.05) is 54.6 Å². The van der Waals surface area contributed by atoms with Crippen molar-refractivity contribution in [2.75, 3.05) is 49.2 Å². The number of benzene rings is 3. The number of fused-ring (bicyclic) bond motifs is 3. The zero-order valence-electron chi connectivity index (χ0n) is 27.8. The van der Waals surface area contributed by atoms with Gasteiger partial charge in [-0.3, -0.25) is 9.69 Å². The van der Waals surface area contributed by atoms with Crippen molar-refractivity contribution in [1.29, 1.82) is 0 Å². The van der Waals surface area contributed by atoms with Crippen LogP contribution < -0.4 is 20.1 Å². The molecule has 2 unspecified atom stereocenters. The molecule has 14 heteroatoms. The second-order valence-electron chi connectivity index (χ2n) is 11.9. The molecule has 2 bridgehead atoms. The molecule has 3 fully saturated rings. The van der Waals surface area contributed by atoms with Gasteiger partial charge in [0.2, 0.25) is 0 Å². The lowest BCUT2D eigenvalue weighted by molar-refractivity contribution is -0.210. The van der Waals surface area contributed by atoms with E-state index in [2.05, 4.69) is 49.3 Å². The number of halogens is 1. The van der Waals surface area contributed by atoms with Gasteiger partial charge in [-0.1, -0.05) is 36.0 Å². The summed E-state index contributed by atoms with van der Waals surface area (Å²) in [6.07, 6.45) is 7.58. The predicted molar refractivity (Wildman–Crippen MR) is 195 cm³/mol. The van der Waals surface area contributed by atoms with Crippen LogP contribution in [0, 0.1) is 19.7 Å². The summed E-state index contributed by atoms with van der Waals surface area (Å²) >= 11 is 3.42. The summed E-state index contributed by atoms with van der Waals surface area (Å²) in [4.78, 5) is 27.9. The van der Waals surface area contributed by atoms with Gasteiger partial charge < -0.3 is 25.1 Å². The third-order valence-corrected chi connectivity index (χ3v) is 9.99. The normalized spacial score (nSPS) is 17.2. The van der Waals surface area contributed by atoms with Crippen LogP contribution in [0.3, 0.4) is 0 Å². The van der Waals surface area contributed by atoms with Gasteiger partial charge in [-0.05, 0) is 80.6 Å². The number of aldehydes is 1. The van der Waals surface area contributed by atoms with Gasteiger partial charge in [0.05, 0.1) is 23.1 Å². The molecule has 0 amide bonds. The molecule has 4 N–H and O–H groups in total. The van der Waals surface area contributed by atoms with E-state index in [9.17, 15) is 9.18 Å². The van der Waals surface area contributed by atoms with Crippen LogP contribution in [-0.4, -0.2) is 81.1 Å². The molecule has 3 aliphatic heterocycles. The maximum Gasteiger partial charge on any atom is 0.190 e. The van der Waals surface area contributed by atoms with Crippen molar-refractivity contribution in [3.05, 3.63) is 89.5 Å². The van der Waals surface area contributed by atoms with Crippen molar-refractivity contribution in [3.8, 4) is 22.9 Å². The summed E-state index contributed by atoms with van der Waals surface area (Å²) in [5, 5.41) is 5.23. The Bertz CT molecular complexity index is 1910. The van der Waals surface area contributed by atoms with Crippen LogP contribution in [0.15, 0.2) is 66.9 Å². The Balaban J connectivity index is 0.000000171. The standard InChI is InChI=1S/C18H26N4O2S2.C17H14FN3O2/c1-12-6-13-7-18(17(20-25-2)9-16(13)19-12)24-23-5-4-21-10-14-8-15(11-21)22(14)26-3;1-11-8-13(23-16-5-3-2-4-14(16)18)6-7-15(11)21-17(19)12(10-22)9-20-21/h6-7,9,14-15,19-20H,4-5,8,10-11H2,1-3H3;2-10H,19H2,1H3. The highest BCUT2D eigenvalue weighted by Crippen LogP contribution is 2.37. The van der Waals surface area contributed by atoms with Crippen LogP contribution in [0.5, 0.6) is 17.2 Å². The summed E-state index contributed by atoms with van der Waals surface area (Å²) in [5.41, 5.74) is 10.9. The number of hydrogen-bond donors (Lipinski definition) is 3. The Hall–Kier alpha value is -4.21. The van der Waals surface area contributed by atoms with E-state index < -0.39 is 5.82 Å². The topological polar surface area (TPSA) is 123 Å². The Morgan fingerprint density at radius 3 is 2.57 bits per heavy atom. The van der Waals surface area contributed by atoms with Gasteiger partial charge >= 0.3 is 0 Å². The number of nitrogens with zero attached hydrogens (tertiary/aromatic N) is 4. The minimum Gasteiger partial charge on any atom is -0.454 e. The molecular weight excluding hydrogens is 666 g/mol. The molecule has 2 aromatic heterocycles. The summed E-state index contributed by atoms with van der Waals surface area (Å²) in [5.74, 6) is 1.21. The van der Waals surface area contributed by atoms with Gasteiger partial charge in [-0.25, -0.2) is 13.4 Å². The fourth-order valence-corrected chi connectivity index (χ4v) is 7.50. The van der Waals surface area contributed by atoms with Crippen LogP contribution in [-0.2, 0) is 4.89 Å². The number of para-hydroxylation sites is 1. The number of carbonyl (C=O) groups is 1. The number of carbonyl (C=O) groups excluding carboxylic acids is 1. The maximum atomic E-state index is 13.6. The first-order chi connectivity index (χ1) is 23.8. The molecule has 0 radical (unpaired) electrons. The van der Waals surface area contributed by atoms with Crippen LogP contribution in [0.25, 0.3) is 16.6 Å². The van der Waals surface area contributed by atoms with E-state index in [1.54, 1.807) is 36.4 Å². The number of nitrogens with two attached hydrogens (primary N) is 1. The molecule has 0 saturated carbocycles. The Labute approximate surface area is 293 Å². The van der Waals surface area contributed by atoms with E-state index >= 15 is 0 Å². The van der Waals surface area contributed by atoms with Crippen LogP contribution >= 0.6 is 23.9 Å².